The number of rotatable bonds is 5. The van der Waals surface area contributed by atoms with Crippen molar-refractivity contribution in [3.8, 4) is 0 Å². The summed E-state index contributed by atoms with van der Waals surface area (Å²) in [5.41, 5.74) is 5.14. The molecule has 0 spiro atoms. The molecule has 8 nitrogen and oxygen atoms in total. The first-order valence-electron chi connectivity index (χ1n) is 5.56. The van der Waals surface area contributed by atoms with Gasteiger partial charge in [0.25, 0.3) is 5.91 Å². The molecule has 1 aromatic rings. The van der Waals surface area contributed by atoms with Crippen molar-refractivity contribution < 1.29 is 13.2 Å². The second kappa shape index (κ2) is 5.17. The monoisotopic (exact) mass is 289 g/mol. The molecule has 19 heavy (non-hydrogen) atoms. The highest BCUT2D eigenvalue weighted by atomic mass is 32.2. The Balaban J connectivity index is 2.67. The van der Waals surface area contributed by atoms with E-state index in [4.69, 9.17) is 5.73 Å². The van der Waals surface area contributed by atoms with Crippen LogP contribution in [0.4, 0.5) is 5.82 Å². The SMILES string of the molecule is Cn1ncc(C(=O)NCC(C)(C)NS(C)(=O)=O)c1N. The Morgan fingerprint density at radius 2 is 2.11 bits per heavy atom. The predicted molar refractivity (Wildman–Crippen MR) is 72.0 cm³/mol. The zero-order chi connectivity index (χ0) is 14.8. The third-order valence-electron chi connectivity index (χ3n) is 2.38. The van der Waals surface area contributed by atoms with E-state index >= 15 is 0 Å². The van der Waals surface area contributed by atoms with Crippen LogP contribution in [0.5, 0.6) is 0 Å². The normalized spacial score (nSPS) is 12.4. The summed E-state index contributed by atoms with van der Waals surface area (Å²) in [4.78, 5) is 11.9. The molecular formula is C10H19N5O3S. The van der Waals surface area contributed by atoms with Gasteiger partial charge in [-0.2, -0.15) is 5.10 Å². The molecule has 9 heteroatoms. The van der Waals surface area contributed by atoms with Gasteiger partial charge >= 0.3 is 0 Å². The number of aryl methyl sites for hydroxylation is 1. The van der Waals surface area contributed by atoms with Crippen LogP contribution in [0, 0.1) is 0 Å². The quantitative estimate of drug-likeness (QED) is 0.646. The first-order chi connectivity index (χ1) is 8.52. The number of hydrogen-bond donors (Lipinski definition) is 3. The molecule has 0 aliphatic carbocycles. The largest absolute Gasteiger partial charge is 0.383 e. The van der Waals surface area contributed by atoms with Crippen molar-refractivity contribution in [3.05, 3.63) is 11.8 Å². The van der Waals surface area contributed by atoms with E-state index in [0.29, 0.717) is 0 Å². The van der Waals surface area contributed by atoms with E-state index in [-0.39, 0.29) is 17.9 Å². The second-order valence-electron chi connectivity index (χ2n) is 5.01. The van der Waals surface area contributed by atoms with Gasteiger partial charge in [0, 0.05) is 19.1 Å². The number of hydrogen-bond acceptors (Lipinski definition) is 5. The predicted octanol–water partition coefficient (Wildman–Crippen LogP) is -0.940. The molecule has 1 aromatic heterocycles. The number of sulfonamides is 1. The number of aromatic nitrogens is 2. The van der Waals surface area contributed by atoms with Crippen LogP contribution in [0.25, 0.3) is 0 Å². The minimum atomic E-state index is -3.34. The van der Waals surface area contributed by atoms with Gasteiger partial charge in [0.1, 0.15) is 11.4 Å². The fourth-order valence-corrected chi connectivity index (χ4v) is 2.63. The summed E-state index contributed by atoms with van der Waals surface area (Å²) >= 11 is 0. The van der Waals surface area contributed by atoms with Gasteiger partial charge in [-0.3, -0.25) is 9.48 Å². The number of carbonyl (C=O) groups is 1. The van der Waals surface area contributed by atoms with E-state index in [1.807, 2.05) is 0 Å². The van der Waals surface area contributed by atoms with Crippen LogP contribution < -0.4 is 15.8 Å². The van der Waals surface area contributed by atoms with Crippen LogP contribution in [-0.2, 0) is 17.1 Å². The maximum Gasteiger partial charge on any atom is 0.256 e. The van der Waals surface area contributed by atoms with Gasteiger partial charge in [-0.05, 0) is 13.8 Å². The molecule has 0 aromatic carbocycles. The molecule has 0 fully saturated rings. The Morgan fingerprint density at radius 3 is 2.53 bits per heavy atom. The molecule has 0 unspecified atom stereocenters. The third-order valence-corrected chi connectivity index (χ3v) is 3.31. The van der Waals surface area contributed by atoms with Gasteiger partial charge < -0.3 is 11.1 Å². The lowest BCUT2D eigenvalue weighted by molar-refractivity contribution is 0.0945. The first kappa shape index (κ1) is 15.4. The topological polar surface area (TPSA) is 119 Å². The summed E-state index contributed by atoms with van der Waals surface area (Å²) in [6.45, 7) is 3.47. The second-order valence-corrected chi connectivity index (χ2v) is 6.76. The molecule has 0 bridgehead atoms. The van der Waals surface area contributed by atoms with Crippen molar-refractivity contribution in [2.24, 2.45) is 7.05 Å². The maximum absolute atomic E-state index is 11.9. The average Bonchev–Trinajstić information content (AvgIpc) is 2.53. The summed E-state index contributed by atoms with van der Waals surface area (Å²) in [7, 11) is -1.71. The van der Waals surface area contributed by atoms with E-state index in [1.54, 1.807) is 20.9 Å². The molecular weight excluding hydrogens is 270 g/mol. The van der Waals surface area contributed by atoms with Crippen molar-refractivity contribution in [2.45, 2.75) is 19.4 Å². The van der Waals surface area contributed by atoms with Crippen LogP contribution in [-0.4, -0.2) is 42.4 Å². The van der Waals surface area contributed by atoms with Gasteiger partial charge in [-0.15, -0.1) is 0 Å². The number of nitrogens with one attached hydrogen (secondary N) is 2. The number of amides is 1. The number of nitrogens with zero attached hydrogens (tertiary/aromatic N) is 2. The van der Waals surface area contributed by atoms with Crippen LogP contribution >= 0.6 is 0 Å². The van der Waals surface area contributed by atoms with Gasteiger partial charge in [-0.25, -0.2) is 13.1 Å². The summed E-state index contributed by atoms with van der Waals surface area (Å²) in [6, 6.07) is 0. The third kappa shape index (κ3) is 4.52. The Morgan fingerprint density at radius 1 is 1.53 bits per heavy atom. The van der Waals surface area contributed by atoms with E-state index in [9.17, 15) is 13.2 Å². The molecule has 1 amide bonds. The van der Waals surface area contributed by atoms with Crippen molar-refractivity contribution >= 4 is 21.7 Å². The standard InChI is InChI=1S/C10H19N5O3S/c1-10(2,14-19(4,17)18)6-12-9(16)7-5-13-15(3)8(7)11/h5,14H,6,11H2,1-4H3,(H,12,16). The maximum atomic E-state index is 11.9. The summed E-state index contributed by atoms with van der Waals surface area (Å²) in [5.74, 6) is -0.139. The number of anilines is 1. The van der Waals surface area contributed by atoms with Crippen LogP contribution in [0.1, 0.15) is 24.2 Å². The van der Waals surface area contributed by atoms with Crippen LogP contribution in [0.15, 0.2) is 6.20 Å². The lowest BCUT2D eigenvalue weighted by Gasteiger charge is -2.25. The van der Waals surface area contributed by atoms with Crippen LogP contribution in [0.2, 0.25) is 0 Å². The van der Waals surface area contributed by atoms with E-state index in [2.05, 4.69) is 15.1 Å². The molecule has 0 aliphatic heterocycles. The molecule has 0 saturated carbocycles. The van der Waals surface area contributed by atoms with Crippen molar-refractivity contribution in [1.29, 1.82) is 0 Å². The Bertz CT molecular complexity index is 576. The molecule has 108 valence electrons. The van der Waals surface area contributed by atoms with Gasteiger partial charge in [0.2, 0.25) is 10.0 Å². The highest BCUT2D eigenvalue weighted by Gasteiger charge is 2.24. The van der Waals surface area contributed by atoms with Gasteiger partial charge in [-0.1, -0.05) is 0 Å². The van der Waals surface area contributed by atoms with Crippen molar-refractivity contribution in [3.63, 3.8) is 0 Å². The molecule has 4 N–H and O–H groups in total. The molecule has 0 radical (unpaired) electrons. The molecule has 0 saturated heterocycles. The number of carbonyl (C=O) groups excluding carboxylic acids is 1. The van der Waals surface area contributed by atoms with Crippen LogP contribution in [0.3, 0.4) is 0 Å². The smallest absolute Gasteiger partial charge is 0.256 e. The van der Waals surface area contributed by atoms with E-state index in [0.717, 1.165) is 6.26 Å². The average molecular weight is 289 g/mol. The lowest BCUT2D eigenvalue weighted by Crippen LogP contribution is -2.51. The fourth-order valence-electron chi connectivity index (χ4n) is 1.56. The molecule has 1 rings (SSSR count). The summed E-state index contributed by atoms with van der Waals surface area (Å²) in [6.07, 6.45) is 2.43. The minimum Gasteiger partial charge on any atom is -0.383 e. The summed E-state index contributed by atoms with van der Waals surface area (Å²) < 4.78 is 26.1. The zero-order valence-electron chi connectivity index (χ0n) is 11.4. The minimum absolute atomic E-state index is 0.132. The van der Waals surface area contributed by atoms with Crippen molar-refractivity contribution in [1.82, 2.24) is 19.8 Å². The Hall–Kier alpha value is -1.61. The molecule has 1 heterocycles. The molecule has 0 atom stereocenters. The fraction of sp³-hybridized carbons (Fsp3) is 0.600. The van der Waals surface area contributed by atoms with E-state index < -0.39 is 21.5 Å². The Kier molecular flexibility index (Phi) is 4.21. The zero-order valence-corrected chi connectivity index (χ0v) is 12.2. The molecule has 0 aliphatic rings. The first-order valence-corrected chi connectivity index (χ1v) is 7.45. The van der Waals surface area contributed by atoms with Gasteiger partial charge in [0.15, 0.2) is 0 Å². The van der Waals surface area contributed by atoms with Crippen molar-refractivity contribution in [2.75, 3.05) is 18.5 Å². The highest BCUT2D eigenvalue weighted by molar-refractivity contribution is 7.88. The number of nitrogen functional groups attached to an aromatic ring is 1. The highest BCUT2D eigenvalue weighted by Crippen LogP contribution is 2.09. The summed E-state index contributed by atoms with van der Waals surface area (Å²) in [5, 5.41) is 6.48. The lowest BCUT2D eigenvalue weighted by atomic mass is 10.1. The Labute approximate surface area is 112 Å². The van der Waals surface area contributed by atoms with Gasteiger partial charge in [0.05, 0.1) is 12.5 Å². The van der Waals surface area contributed by atoms with E-state index in [1.165, 1.54) is 10.9 Å². The number of nitrogens with two attached hydrogens (primary N) is 1.